The van der Waals surface area contributed by atoms with Crippen LogP contribution in [0.1, 0.15) is 338 Å². The zero-order valence-corrected chi connectivity index (χ0v) is 76.5. The number of esters is 2. The minimum absolute atomic E-state index is 0. The quantitative estimate of drug-likeness (QED) is 0.00749. The molecule has 1 rings (SSSR count). The van der Waals surface area contributed by atoms with Crippen LogP contribution in [0.3, 0.4) is 0 Å². The van der Waals surface area contributed by atoms with E-state index < -0.39 is 140 Å². The minimum atomic E-state index is -5.12. The van der Waals surface area contributed by atoms with Crippen LogP contribution in [0.5, 0.6) is 0 Å². The first-order valence-electron chi connectivity index (χ1n) is 42.5. The van der Waals surface area contributed by atoms with E-state index in [0.29, 0.717) is 51.4 Å². The number of aliphatic hydroxyl groups excluding tert-OH is 3. The van der Waals surface area contributed by atoms with E-state index in [4.69, 9.17) is 46.5 Å². The third-order valence-electron chi connectivity index (χ3n) is 18.7. The number of phosphoric acid groups is 2. The molecule has 0 aliphatic carbocycles. The number of rotatable bonds is 77. The van der Waals surface area contributed by atoms with Gasteiger partial charge in [0.2, 0.25) is 5.91 Å². The monoisotopic (exact) mass is 1640 g/mol. The summed E-state index contributed by atoms with van der Waals surface area (Å²) in [6.45, 7) is 12.5. The van der Waals surface area contributed by atoms with Gasteiger partial charge in [-0.2, -0.15) is 0 Å². The van der Waals surface area contributed by atoms with Gasteiger partial charge in [0, 0.05) is 45.6 Å². The van der Waals surface area contributed by atoms with Crippen molar-refractivity contribution in [2.24, 2.45) is 0 Å². The fourth-order valence-corrected chi connectivity index (χ4v) is 13.9. The Morgan fingerprint density at radius 3 is 1.21 bits per heavy atom. The van der Waals surface area contributed by atoms with Crippen LogP contribution in [-0.2, 0) is 79.6 Å². The van der Waals surface area contributed by atoms with E-state index in [9.17, 15) is 58.2 Å². The molecular formula is C81H152N4Na2O22P2. The van der Waals surface area contributed by atoms with Crippen molar-refractivity contribution in [3.05, 3.63) is 24.3 Å². The number of nitrogens with one attached hydrogen (secondary N) is 4. The molecule has 7 N–H and O–H groups in total. The molecule has 0 aromatic heterocycles. The van der Waals surface area contributed by atoms with Crippen molar-refractivity contribution in [1.29, 1.82) is 0 Å². The molecule has 30 heteroatoms. The Bertz CT molecular complexity index is 2450. The summed E-state index contributed by atoms with van der Waals surface area (Å²) < 4.78 is 82.4. The maximum absolute atomic E-state index is 13.7. The summed E-state index contributed by atoms with van der Waals surface area (Å²) in [5, 5.41) is 43.4. The van der Waals surface area contributed by atoms with Crippen molar-refractivity contribution in [2.45, 2.75) is 399 Å². The van der Waals surface area contributed by atoms with Crippen LogP contribution in [0.15, 0.2) is 24.3 Å². The summed E-state index contributed by atoms with van der Waals surface area (Å²) in [4.78, 5) is 93.6. The molecular weight excluding hydrogens is 1490 g/mol. The van der Waals surface area contributed by atoms with E-state index in [1.165, 1.54) is 52.4 Å². The van der Waals surface area contributed by atoms with Crippen molar-refractivity contribution in [2.75, 3.05) is 65.9 Å². The second-order valence-corrected chi connectivity index (χ2v) is 32.6. The number of hydrogen-bond donors (Lipinski definition) is 7. The summed E-state index contributed by atoms with van der Waals surface area (Å²) in [5.74, 6) is -4.47. The summed E-state index contributed by atoms with van der Waals surface area (Å²) in [6.07, 6.45) is 38.9. The molecule has 640 valence electrons. The maximum atomic E-state index is 13.7. The van der Waals surface area contributed by atoms with Gasteiger partial charge in [-0.3, -0.25) is 38.4 Å². The predicted octanol–water partition coefficient (Wildman–Crippen LogP) is 8.49. The Balaban J connectivity index is 0. The average Bonchev–Trinajstić information content (AvgIpc) is 1.66. The molecule has 1 heterocycles. The number of carbonyl (C=O) groups excluding carboxylic acids is 5. The van der Waals surface area contributed by atoms with E-state index in [2.05, 4.69) is 87.1 Å². The number of unbranched alkanes of at least 4 members (excludes halogenated alkanes) is 26. The van der Waals surface area contributed by atoms with Gasteiger partial charge in [0.25, 0.3) is 27.5 Å². The van der Waals surface area contributed by atoms with Crippen molar-refractivity contribution < 1.29 is 164 Å². The summed E-state index contributed by atoms with van der Waals surface area (Å²) in [7, 11) is -10.2. The molecule has 0 aromatic rings. The van der Waals surface area contributed by atoms with Gasteiger partial charge in [0.1, 0.15) is 18.4 Å². The van der Waals surface area contributed by atoms with E-state index >= 15 is 0 Å². The van der Waals surface area contributed by atoms with Gasteiger partial charge in [0.05, 0.1) is 70.4 Å². The molecule has 9 unspecified atom stereocenters. The zero-order valence-electron chi connectivity index (χ0n) is 70.7. The van der Waals surface area contributed by atoms with Gasteiger partial charge >= 0.3 is 71.1 Å². The van der Waals surface area contributed by atoms with Crippen molar-refractivity contribution in [3.8, 4) is 0 Å². The van der Waals surface area contributed by atoms with Crippen LogP contribution in [-0.4, -0.2) is 172 Å². The molecule has 0 saturated carbocycles. The number of amides is 3. The van der Waals surface area contributed by atoms with E-state index in [0.717, 1.165) is 167 Å². The SMILES string of the molecule is CCCCCC/C=C\CCCC(=O)O[C@H](CCCCCCC)CC(=O)NC(COCCC(O)CCCCCCC)COP(=O)([O-])OCCNC(=O)C1OC(C)(C)OC1C(=O)NCCOP(=O)([O-])OCC(COCCC(O)CCCCCCC)NC(O)C[C@@H](CCCCCCC)OC(=O)CCC/C=C\CCCCCC.[Na+].[Na+]. The van der Waals surface area contributed by atoms with Gasteiger partial charge in [-0.15, -0.1) is 0 Å². The number of carbonyl (C=O) groups is 5. The van der Waals surface area contributed by atoms with Crippen LogP contribution in [0, 0.1) is 0 Å². The molecule has 11 atom stereocenters. The molecule has 0 aromatic carbocycles. The Kier molecular flexibility index (Phi) is 74.4. The zero-order chi connectivity index (χ0) is 80.5. The topological polar surface area (TPSA) is 367 Å². The second kappa shape index (κ2) is 73.8. The van der Waals surface area contributed by atoms with Crippen LogP contribution in [0.4, 0.5) is 0 Å². The third kappa shape index (κ3) is 66.3. The fourth-order valence-electron chi connectivity index (χ4n) is 12.4. The first kappa shape index (κ1) is 112. The smallest absolute Gasteiger partial charge is 0.756 e. The Morgan fingerprint density at radius 1 is 0.441 bits per heavy atom. The largest absolute Gasteiger partial charge is 1.00 e. The Morgan fingerprint density at radius 2 is 0.793 bits per heavy atom. The van der Waals surface area contributed by atoms with Gasteiger partial charge in [-0.25, -0.2) is 0 Å². The second-order valence-electron chi connectivity index (χ2n) is 29.8. The minimum Gasteiger partial charge on any atom is -0.756 e. The predicted molar refractivity (Wildman–Crippen MR) is 423 cm³/mol. The van der Waals surface area contributed by atoms with Gasteiger partial charge < -0.3 is 87.6 Å². The number of ether oxygens (including phenoxy) is 6. The first-order chi connectivity index (χ1) is 52.4. The molecule has 1 saturated heterocycles. The number of aliphatic hydroxyl groups is 3. The van der Waals surface area contributed by atoms with Crippen molar-refractivity contribution in [1.82, 2.24) is 21.3 Å². The van der Waals surface area contributed by atoms with Gasteiger partial charge in [-0.1, -0.05) is 220 Å². The summed E-state index contributed by atoms with van der Waals surface area (Å²) in [5.41, 5.74) is 0. The fraction of sp³-hybridized carbons (Fsp3) is 0.889. The molecule has 111 heavy (non-hydrogen) atoms. The maximum Gasteiger partial charge on any atom is 1.00 e. The van der Waals surface area contributed by atoms with Crippen LogP contribution in [0.25, 0.3) is 0 Å². The van der Waals surface area contributed by atoms with E-state index in [1.807, 2.05) is 0 Å². The van der Waals surface area contributed by atoms with Crippen LogP contribution < -0.4 is 90.2 Å². The Labute approximate surface area is 714 Å². The number of hydrogen-bond acceptors (Lipinski definition) is 23. The normalized spacial score (nSPS) is 17.2. The summed E-state index contributed by atoms with van der Waals surface area (Å²) in [6, 6.07) is -1.95. The van der Waals surface area contributed by atoms with Crippen LogP contribution >= 0.6 is 15.6 Å². The van der Waals surface area contributed by atoms with Gasteiger partial charge in [0.15, 0.2) is 18.0 Å². The number of allylic oxidation sites excluding steroid dienone is 4. The molecule has 1 aliphatic rings. The Hall–Kier alpha value is -1.27. The molecule has 0 radical (unpaired) electrons. The van der Waals surface area contributed by atoms with Crippen molar-refractivity contribution >= 4 is 45.3 Å². The molecule has 3 amide bonds. The van der Waals surface area contributed by atoms with Crippen molar-refractivity contribution in [3.63, 3.8) is 0 Å². The standard InChI is InChI=1S/C81H154N4O22P2.2Na/c1-9-15-21-27-29-31-33-39-45-51-75(90)104-71(49-43-37-25-19-13-5)61-73(88)84-67(63-98-57-53-69(86)47-41-35-23-17-11-3)65-102-108(94,95)100-59-55-82-79(92)77-78(107-81(7,8)106-77)80(93)83-56-60-101-109(96,97)103-66-68(64-99-58-54-70(87)48-42-36-24-18-12-4)85-74(89)62-72(50-44-38-26-20-14-6)105-76(91)52-46-40-34-32-30-28-22-16-10-2;;/h31-34,67-73,77-78,84,86-88H,9-30,35-66H2,1-8H3,(H,82,92)(H,83,93)(H,85,89)(H,94,95)(H,96,97);;/q;2*+1/p-2/b33-31-,34-32-;;/t67?,68?,69?,70?,71-,72-,73?,77?,78?;;/m1../s1. The first-order valence-corrected chi connectivity index (χ1v) is 45.4. The molecule has 1 fully saturated rings. The molecule has 0 spiro atoms. The van der Waals surface area contributed by atoms with Crippen LogP contribution in [0.2, 0.25) is 0 Å². The third-order valence-corrected chi connectivity index (χ3v) is 20.7. The van der Waals surface area contributed by atoms with E-state index in [1.54, 1.807) is 0 Å². The van der Waals surface area contributed by atoms with Gasteiger partial charge in [-0.05, 0) is 117 Å². The molecule has 0 bridgehead atoms. The number of phosphoric ester groups is 2. The average molecular weight is 1640 g/mol. The molecule has 1 aliphatic heterocycles. The summed E-state index contributed by atoms with van der Waals surface area (Å²) >= 11 is 0. The molecule has 26 nitrogen and oxygen atoms in total. The van der Waals surface area contributed by atoms with E-state index in [-0.39, 0.29) is 117 Å².